The minimum Gasteiger partial charge on any atom is -0.480 e. The molecule has 5 nitrogen and oxygen atoms in total. The monoisotopic (exact) mass is 395 g/mol. The minimum atomic E-state index is -0.802. The van der Waals surface area contributed by atoms with E-state index < -0.39 is 5.97 Å². The fourth-order valence-corrected chi connectivity index (χ4v) is 3.52. The van der Waals surface area contributed by atoms with Crippen LogP contribution >= 0.6 is 15.9 Å². The quantitative estimate of drug-likeness (QED) is 0.861. The van der Waals surface area contributed by atoms with E-state index in [0.29, 0.717) is 9.99 Å². The van der Waals surface area contributed by atoms with Gasteiger partial charge in [0.05, 0.1) is 16.5 Å². The summed E-state index contributed by atoms with van der Waals surface area (Å²) >= 11 is 3.19. The number of hydrogen-bond donors (Lipinski definition) is 1. The molecule has 128 valence electrons. The summed E-state index contributed by atoms with van der Waals surface area (Å²) in [7, 11) is 1.85. The number of piperidine rings is 1. The number of carboxylic acid groups (broad SMARTS) is 1. The fraction of sp³-hybridized carbons (Fsp3) is 0.412. The van der Waals surface area contributed by atoms with E-state index in [1.54, 1.807) is 6.07 Å². The molecule has 0 atom stereocenters. The predicted molar refractivity (Wildman–Crippen MR) is 94.9 cm³/mol. The Bertz CT molecular complexity index is 763. The Morgan fingerprint density at radius 3 is 2.79 bits per heavy atom. The molecule has 1 aliphatic heterocycles. The van der Waals surface area contributed by atoms with Gasteiger partial charge in [-0.25, -0.2) is 9.37 Å². The van der Waals surface area contributed by atoms with Crippen molar-refractivity contribution >= 4 is 38.6 Å². The summed E-state index contributed by atoms with van der Waals surface area (Å²) in [5.74, 6) is -0.283. The van der Waals surface area contributed by atoms with Gasteiger partial charge < -0.3 is 10.0 Å². The van der Waals surface area contributed by atoms with Gasteiger partial charge in [-0.05, 0) is 54.0 Å². The molecular formula is C17H19BrFN3O2. The zero-order valence-corrected chi connectivity index (χ0v) is 15.0. The van der Waals surface area contributed by atoms with E-state index in [4.69, 9.17) is 5.11 Å². The van der Waals surface area contributed by atoms with E-state index in [2.05, 4.69) is 25.8 Å². The number of carboxylic acids is 1. The molecule has 24 heavy (non-hydrogen) atoms. The first kappa shape index (κ1) is 17.1. The molecule has 1 aliphatic rings. The molecule has 0 bridgehead atoms. The van der Waals surface area contributed by atoms with Gasteiger partial charge >= 0.3 is 5.97 Å². The Morgan fingerprint density at radius 1 is 1.42 bits per heavy atom. The van der Waals surface area contributed by atoms with Crippen molar-refractivity contribution < 1.29 is 14.3 Å². The van der Waals surface area contributed by atoms with E-state index in [1.165, 1.54) is 6.07 Å². The van der Waals surface area contributed by atoms with Crippen molar-refractivity contribution in [1.29, 1.82) is 0 Å². The average molecular weight is 396 g/mol. The molecule has 0 aliphatic carbocycles. The van der Waals surface area contributed by atoms with Gasteiger partial charge in [0.25, 0.3) is 0 Å². The second-order valence-electron chi connectivity index (χ2n) is 6.16. The second kappa shape index (κ2) is 7.03. The van der Waals surface area contributed by atoms with Gasteiger partial charge in [-0.1, -0.05) is 0 Å². The highest BCUT2D eigenvalue weighted by Crippen LogP contribution is 2.26. The molecule has 2 aromatic rings. The summed E-state index contributed by atoms with van der Waals surface area (Å²) in [6.45, 7) is 1.69. The number of likely N-dealkylation sites (N-methyl/N-ethyl adjacent to an activating group) is 1. The van der Waals surface area contributed by atoms with Gasteiger partial charge in [0, 0.05) is 30.6 Å². The van der Waals surface area contributed by atoms with E-state index in [0.717, 1.165) is 37.1 Å². The molecule has 1 aromatic heterocycles. The van der Waals surface area contributed by atoms with E-state index >= 15 is 0 Å². The number of halogens is 2. The number of benzene rings is 1. The summed E-state index contributed by atoms with van der Waals surface area (Å²) in [6.07, 6.45) is 1.77. The lowest BCUT2D eigenvalue weighted by molar-refractivity contribution is -0.138. The molecule has 1 aromatic carbocycles. The lowest BCUT2D eigenvalue weighted by Crippen LogP contribution is -2.45. The van der Waals surface area contributed by atoms with Crippen molar-refractivity contribution in [2.45, 2.75) is 18.9 Å². The summed E-state index contributed by atoms with van der Waals surface area (Å²) < 4.78 is 14.1. The van der Waals surface area contributed by atoms with Crippen LogP contribution in [0.15, 0.2) is 28.7 Å². The maximum atomic E-state index is 13.7. The Labute approximate surface area is 148 Å². The summed E-state index contributed by atoms with van der Waals surface area (Å²) in [5.41, 5.74) is 0.637. The highest BCUT2D eigenvalue weighted by molar-refractivity contribution is 9.10. The first-order chi connectivity index (χ1) is 11.4. The highest BCUT2D eigenvalue weighted by Gasteiger charge is 2.24. The van der Waals surface area contributed by atoms with E-state index in [9.17, 15) is 9.18 Å². The Hall–Kier alpha value is -1.73. The molecule has 7 heteroatoms. The largest absolute Gasteiger partial charge is 0.480 e. The molecule has 3 rings (SSSR count). The molecule has 0 spiro atoms. The predicted octanol–water partition coefficient (Wildman–Crippen LogP) is 3.12. The fourth-order valence-electron chi connectivity index (χ4n) is 3.16. The normalized spacial score (nSPS) is 16.1. The molecule has 1 fully saturated rings. The lowest BCUT2D eigenvalue weighted by Gasteiger charge is -2.36. The van der Waals surface area contributed by atoms with Crippen LogP contribution in [0.5, 0.6) is 0 Å². The van der Waals surface area contributed by atoms with Gasteiger partial charge in [0.1, 0.15) is 11.6 Å². The third-order valence-corrected chi connectivity index (χ3v) is 5.12. The average Bonchev–Trinajstić information content (AvgIpc) is 2.55. The van der Waals surface area contributed by atoms with Crippen molar-refractivity contribution in [2.75, 3.05) is 31.6 Å². The van der Waals surface area contributed by atoms with Gasteiger partial charge in [-0.2, -0.15) is 0 Å². The Balaban J connectivity index is 1.71. The molecule has 0 saturated carbocycles. The number of hydrogen-bond acceptors (Lipinski definition) is 4. The molecular weight excluding hydrogens is 377 g/mol. The van der Waals surface area contributed by atoms with Crippen molar-refractivity contribution in [2.24, 2.45) is 0 Å². The van der Waals surface area contributed by atoms with Crippen LogP contribution in [0.4, 0.5) is 10.2 Å². The maximum absolute atomic E-state index is 13.7. The molecule has 2 heterocycles. The summed E-state index contributed by atoms with van der Waals surface area (Å²) in [4.78, 5) is 19.5. The van der Waals surface area contributed by atoms with Gasteiger partial charge in [0.15, 0.2) is 0 Å². The lowest BCUT2D eigenvalue weighted by atomic mass is 10.0. The third kappa shape index (κ3) is 3.67. The molecule has 1 saturated heterocycles. The highest BCUT2D eigenvalue weighted by atomic mass is 79.9. The number of aliphatic carboxylic acids is 1. The topological polar surface area (TPSA) is 56.7 Å². The first-order valence-electron chi connectivity index (χ1n) is 7.87. The van der Waals surface area contributed by atoms with Crippen LogP contribution in [0.2, 0.25) is 0 Å². The Morgan fingerprint density at radius 2 is 2.12 bits per heavy atom. The number of aromatic nitrogens is 1. The number of pyridine rings is 1. The van der Waals surface area contributed by atoms with Crippen LogP contribution < -0.4 is 4.90 Å². The summed E-state index contributed by atoms with van der Waals surface area (Å²) in [6, 6.07) is 7.34. The number of carbonyl (C=O) groups is 1. The number of fused-ring (bicyclic) bond motifs is 1. The number of rotatable bonds is 4. The molecule has 0 amide bonds. The van der Waals surface area contributed by atoms with Crippen LogP contribution in [-0.2, 0) is 4.79 Å². The van der Waals surface area contributed by atoms with Gasteiger partial charge in [-0.15, -0.1) is 0 Å². The molecule has 1 N–H and O–H groups in total. The standard InChI is InChI=1S/C17H19BrFN3O2/c1-21(10-17(23)24)12-4-6-22(7-5-12)16-3-2-11-8-13(18)14(19)9-15(11)20-16/h2-3,8-9,12H,4-7,10H2,1H3,(H,23,24). The maximum Gasteiger partial charge on any atom is 0.317 e. The second-order valence-corrected chi connectivity index (χ2v) is 7.01. The van der Waals surface area contributed by atoms with Crippen LogP contribution in [0.1, 0.15) is 12.8 Å². The van der Waals surface area contributed by atoms with Crippen molar-refractivity contribution in [1.82, 2.24) is 9.88 Å². The Kier molecular flexibility index (Phi) is 5.01. The van der Waals surface area contributed by atoms with Crippen molar-refractivity contribution in [3.8, 4) is 0 Å². The van der Waals surface area contributed by atoms with Gasteiger partial charge in [-0.3, -0.25) is 9.69 Å². The third-order valence-electron chi connectivity index (χ3n) is 4.51. The number of anilines is 1. The molecule has 0 radical (unpaired) electrons. The smallest absolute Gasteiger partial charge is 0.317 e. The zero-order valence-electron chi connectivity index (χ0n) is 13.4. The van der Waals surface area contributed by atoms with Crippen molar-refractivity contribution in [3.63, 3.8) is 0 Å². The van der Waals surface area contributed by atoms with Crippen LogP contribution in [0, 0.1) is 5.82 Å². The minimum absolute atomic E-state index is 0.0625. The SMILES string of the molecule is CN(CC(=O)O)C1CCN(c2ccc3cc(Br)c(F)cc3n2)CC1. The van der Waals surface area contributed by atoms with Crippen LogP contribution in [0.25, 0.3) is 10.9 Å². The zero-order chi connectivity index (χ0) is 17.3. The molecule has 0 unspecified atom stereocenters. The van der Waals surface area contributed by atoms with E-state index in [1.807, 2.05) is 24.1 Å². The number of nitrogens with zero attached hydrogens (tertiary/aromatic N) is 3. The van der Waals surface area contributed by atoms with Gasteiger partial charge in [0.2, 0.25) is 0 Å². The van der Waals surface area contributed by atoms with Crippen LogP contribution in [0.3, 0.4) is 0 Å². The van der Waals surface area contributed by atoms with Crippen LogP contribution in [-0.4, -0.2) is 53.7 Å². The first-order valence-corrected chi connectivity index (χ1v) is 8.66. The van der Waals surface area contributed by atoms with Crippen molar-refractivity contribution in [3.05, 3.63) is 34.6 Å². The van der Waals surface area contributed by atoms with E-state index in [-0.39, 0.29) is 18.4 Å². The summed E-state index contributed by atoms with van der Waals surface area (Å²) in [5, 5.41) is 9.78.